The molecule has 1 heterocycles. The van der Waals surface area contributed by atoms with Gasteiger partial charge in [-0.1, -0.05) is 30.3 Å². The van der Waals surface area contributed by atoms with Gasteiger partial charge < -0.3 is 24.5 Å². The zero-order valence-corrected chi connectivity index (χ0v) is 19.9. The molecular formula is C26H24N4O6. The Morgan fingerprint density at radius 1 is 0.806 bits per heavy atom. The van der Waals surface area contributed by atoms with Crippen LogP contribution in [-0.2, 0) is 14.4 Å². The van der Waals surface area contributed by atoms with Crippen LogP contribution in [0.15, 0.2) is 70.2 Å². The number of hydrogen-bond donors (Lipinski definition) is 3. The van der Waals surface area contributed by atoms with Crippen molar-refractivity contribution in [2.45, 2.75) is 13.3 Å². The maximum atomic E-state index is 12.6. The molecule has 0 aliphatic heterocycles. The van der Waals surface area contributed by atoms with Gasteiger partial charge in [0.15, 0.2) is 0 Å². The largest absolute Gasteiger partial charge is 0.495 e. The molecule has 0 radical (unpaired) electrons. The Morgan fingerprint density at radius 3 is 2.31 bits per heavy atom. The molecule has 3 amide bonds. The van der Waals surface area contributed by atoms with Crippen molar-refractivity contribution in [3.8, 4) is 11.5 Å². The fourth-order valence-electron chi connectivity index (χ4n) is 3.61. The first kappa shape index (κ1) is 24.3. The monoisotopic (exact) mass is 488 g/mol. The van der Waals surface area contributed by atoms with Gasteiger partial charge in [0.2, 0.25) is 5.91 Å². The Hall–Kier alpha value is -4.86. The highest BCUT2D eigenvalue weighted by Crippen LogP contribution is 2.36. The first-order valence-electron chi connectivity index (χ1n) is 11.0. The Labute approximate surface area is 206 Å². The lowest BCUT2D eigenvalue weighted by atomic mass is 10.1. The van der Waals surface area contributed by atoms with E-state index in [1.54, 1.807) is 43.3 Å². The number of furan rings is 1. The first-order valence-corrected chi connectivity index (χ1v) is 11.0. The highest BCUT2D eigenvalue weighted by molar-refractivity contribution is 6.39. The zero-order valence-electron chi connectivity index (χ0n) is 19.9. The van der Waals surface area contributed by atoms with Crippen molar-refractivity contribution in [1.29, 1.82) is 0 Å². The highest BCUT2D eigenvalue weighted by Gasteiger charge is 2.17. The van der Waals surface area contributed by atoms with Gasteiger partial charge in [0, 0.05) is 22.6 Å². The minimum Gasteiger partial charge on any atom is -0.495 e. The van der Waals surface area contributed by atoms with Crippen molar-refractivity contribution in [1.82, 2.24) is 5.43 Å². The van der Waals surface area contributed by atoms with E-state index in [1.165, 1.54) is 14.2 Å². The molecule has 0 fully saturated rings. The third kappa shape index (κ3) is 5.27. The van der Waals surface area contributed by atoms with E-state index in [1.807, 2.05) is 24.3 Å². The summed E-state index contributed by atoms with van der Waals surface area (Å²) in [7, 11) is 2.96. The number of carbonyl (C=O) groups excluding carboxylic acids is 3. The van der Waals surface area contributed by atoms with Crippen LogP contribution in [0.3, 0.4) is 0 Å². The summed E-state index contributed by atoms with van der Waals surface area (Å²) >= 11 is 0. The second-order valence-electron chi connectivity index (χ2n) is 7.81. The van der Waals surface area contributed by atoms with Gasteiger partial charge in [-0.15, -0.1) is 0 Å². The predicted octanol–water partition coefficient (Wildman–Crippen LogP) is 4.06. The quantitative estimate of drug-likeness (QED) is 0.204. The summed E-state index contributed by atoms with van der Waals surface area (Å²) < 4.78 is 16.5. The Kier molecular flexibility index (Phi) is 7.15. The molecule has 10 nitrogen and oxygen atoms in total. The van der Waals surface area contributed by atoms with E-state index in [0.717, 1.165) is 16.4 Å². The van der Waals surface area contributed by atoms with Gasteiger partial charge >= 0.3 is 11.8 Å². The number of nitrogens with zero attached hydrogens (tertiary/aromatic N) is 1. The number of carbonyl (C=O) groups is 3. The Balaban J connectivity index is 1.39. The van der Waals surface area contributed by atoms with Crippen molar-refractivity contribution in [2.24, 2.45) is 5.10 Å². The highest BCUT2D eigenvalue weighted by atomic mass is 16.5. The minimum absolute atomic E-state index is 0.129. The maximum absolute atomic E-state index is 12.6. The second kappa shape index (κ2) is 10.6. The van der Waals surface area contributed by atoms with Crippen LogP contribution in [0.2, 0.25) is 0 Å². The van der Waals surface area contributed by atoms with Crippen molar-refractivity contribution < 1.29 is 28.3 Å². The summed E-state index contributed by atoms with van der Waals surface area (Å²) in [6.45, 7) is 1.55. The number of ether oxygens (including phenoxy) is 2. The van der Waals surface area contributed by atoms with Gasteiger partial charge in [0.05, 0.1) is 32.0 Å². The van der Waals surface area contributed by atoms with Crippen LogP contribution in [0.4, 0.5) is 11.4 Å². The topological polar surface area (TPSA) is 131 Å². The number of hydrogen-bond acceptors (Lipinski definition) is 7. The van der Waals surface area contributed by atoms with E-state index in [0.29, 0.717) is 28.5 Å². The van der Waals surface area contributed by atoms with Crippen LogP contribution in [0, 0.1) is 0 Å². The molecule has 0 atom stereocenters. The maximum Gasteiger partial charge on any atom is 0.329 e. The Bertz CT molecular complexity index is 1490. The van der Waals surface area contributed by atoms with Gasteiger partial charge in [-0.05, 0) is 31.2 Å². The summed E-state index contributed by atoms with van der Waals surface area (Å²) in [6.07, 6.45) is -0.129. The van der Waals surface area contributed by atoms with Crippen LogP contribution in [0.5, 0.6) is 11.5 Å². The predicted molar refractivity (Wildman–Crippen MR) is 136 cm³/mol. The molecule has 0 saturated carbocycles. The molecular weight excluding hydrogens is 464 g/mol. The number of amides is 3. The fraction of sp³-hybridized carbons (Fsp3) is 0.154. The first-order chi connectivity index (χ1) is 17.4. The van der Waals surface area contributed by atoms with Crippen molar-refractivity contribution in [3.05, 3.63) is 60.7 Å². The van der Waals surface area contributed by atoms with E-state index < -0.39 is 17.7 Å². The molecule has 1 aromatic heterocycles. The summed E-state index contributed by atoms with van der Waals surface area (Å²) in [5.74, 6) is -1.43. The second-order valence-corrected chi connectivity index (χ2v) is 7.81. The van der Waals surface area contributed by atoms with Crippen LogP contribution >= 0.6 is 0 Å². The lowest BCUT2D eigenvalue weighted by Gasteiger charge is -2.10. The lowest BCUT2D eigenvalue weighted by molar-refractivity contribution is -0.136. The normalized spacial score (nSPS) is 11.2. The smallest absolute Gasteiger partial charge is 0.329 e. The number of anilines is 2. The molecule has 0 saturated heterocycles. The number of fused-ring (bicyclic) bond motifs is 3. The SMILES string of the molecule is COc1cc2c(cc1NC(=O)C/C(C)=N/NC(=O)C(=O)Nc1ccccc1OC)oc1ccccc12. The number of benzene rings is 3. The number of hydrazone groups is 1. The average molecular weight is 489 g/mol. The number of para-hydroxylation sites is 3. The van der Waals surface area contributed by atoms with Crippen LogP contribution in [0.1, 0.15) is 13.3 Å². The molecule has 10 heteroatoms. The zero-order chi connectivity index (χ0) is 25.7. The summed E-state index contributed by atoms with van der Waals surface area (Å²) in [5.41, 5.74) is 4.54. The molecule has 0 bridgehead atoms. The molecule has 3 N–H and O–H groups in total. The van der Waals surface area contributed by atoms with E-state index >= 15 is 0 Å². The van der Waals surface area contributed by atoms with E-state index in [9.17, 15) is 14.4 Å². The van der Waals surface area contributed by atoms with Crippen LogP contribution in [0.25, 0.3) is 21.9 Å². The summed E-state index contributed by atoms with van der Waals surface area (Å²) in [5, 5.41) is 10.9. The molecule has 0 aliphatic rings. The van der Waals surface area contributed by atoms with Gasteiger partial charge in [0.1, 0.15) is 22.7 Å². The average Bonchev–Trinajstić information content (AvgIpc) is 3.24. The standard InChI is InChI=1S/C26H24N4O6/c1-15(29-30-26(33)25(32)28-18-9-5-7-11-21(18)34-2)12-24(31)27-19-14-22-17(13-23(19)35-3)16-8-4-6-10-20(16)36-22/h4-11,13-14H,12H2,1-3H3,(H,27,31)(H,28,32)(H,30,33)/b29-15+. The van der Waals surface area contributed by atoms with Gasteiger partial charge in [-0.2, -0.15) is 5.10 Å². The lowest BCUT2D eigenvalue weighted by Crippen LogP contribution is -2.33. The van der Waals surface area contributed by atoms with Crippen LogP contribution < -0.4 is 25.5 Å². The fourth-order valence-corrected chi connectivity index (χ4v) is 3.61. The molecule has 3 aromatic carbocycles. The third-order valence-electron chi connectivity index (χ3n) is 5.30. The van der Waals surface area contributed by atoms with E-state index in [4.69, 9.17) is 13.9 Å². The molecule has 4 rings (SSSR count). The Morgan fingerprint density at radius 2 is 1.53 bits per heavy atom. The van der Waals surface area contributed by atoms with Gasteiger partial charge in [-0.25, -0.2) is 5.43 Å². The van der Waals surface area contributed by atoms with E-state index in [2.05, 4.69) is 21.2 Å². The number of nitrogens with one attached hydrogen (secondary N) is 3. The molecule has 0 spiro atoms. The van der Waals surface area contributed by atoms with Crippen molar-refractivity contribution >= 4 is 56.7 Å². The molecule has 4 aromatic rings. The van der Waals surface area contributed by atoms with Crippen molar-refractivity contribution in [2.75, 3.05) is 24.9 Å². The molecule has 184 valence electrons. The number of rotatable bonds is 7. The van der Waals surface area contributed by atoms with Gasteiger partial charge in [0.25, 0.3) is 0 Å². The number of methoxy groups -OCH3 is 2. The van der Waals surface area contributed by atoms with Crippen molar-refractivity contribution in [3.63, 3.8) is 0 Å². The summed E-state index contributed by atoms with van der Waals surface area (Å²) in [4.78, 5) is 36.9. The molecule has 0 aliphatic carbocycles. The van der Waals surface area contributed by atoms with Gasteiger partial charge in [-0.3, -0.25) is 14.4 Å². The third-order valence-corrected chi connectivity index (χ3v) is 5.30. The molecule has 0 unspecified atom stereocenters. The summed E-state index contributed by atoms with van der Waals surface area (Å²) in [6, 6.07) is 17.8. The molecule has 36 heavy (non-hydrogen) atoms. The van der Waals surface area contributed by atoms with Crippen LogP contribution in [-0.4, -0.2) is 37.7 Å². The van der Waals surface area contributed by atoms with E-state index in [-0.39, 0.29) is 12.1 Å². The minimum atomic E-state index is -0.988.